The Balaban J connectivity index is 1.68. The van der Waals surface area contributed by atoms with Gasteiger partial charge in [0, 0.05) is 28.7 Å². The molecule has 0 aromatic heterocycles. The van der Waals surface area contributed by atoms with E-state index in [0.29, 0.717) is 31.4 Å². The largest absolute Gasteiger partial charge is 0.465 e. The van der Waals surface area contributed by atoms with E-state index in [9.17, 15) is 19.5 Å². The number of ether oxygens (including phenoxy) is 2. The summed E-state index contributed by atoms with van der Waals surface area (Å²) in [7, 11) is 0. The Labute approximate surface area is 152 Å². The van der Waals surface area contributed by atoms with Crippen molar-refractivity contribution in [2.75, 3.05) is 13.2 Å². The van der Waals surface area contributed by atoms with Gasteiger partial charge in [-0.15, -0.1) is 0 Å². The molecule has 2 saturated heterocycles. The predicted molar refractivity (Wildman–Crippen MR) is 90.9 cm³/mol. The van der Waals surface area contributed by atoms with Crippen LogP contribution in [0.15, 0.2) is 11.6 Å². The number of hydrogen-bond acceptors (Lipinski definition) is 6. The van der Waals surface area contributed by atoms with E-state index < -0.39 is 16.4 Å². The molecule has 6 heteroatoms. The SMILES string of the molecule is C[C@@]1(O)C(=O)C[C@@]23COC(=O)C2=CCC[C@H]3[C@@]1(C)CC[C@@H]1COC(=O)C1. The molecule has 2 aliphatic heterocycles. The van der Waals surface area contributed by atoms with E-state index in [2.05, 4.69) is 0 Å². The molecule has 0 unspecified atom stereocenters. The van der Waals surface area contributed by atoms with Crippen molar-refractivity contribution in [2.24, 2.45) is 22.7 Å². The van der Waals surface area contributed by atoms with Gasteiger partial charge >= 0.3 is 11.9 Å². The third-order valence-electron chi connectivity index (χ3n) is 7.60. The molecule has 1 N–H and O–H groups in total. The molecule has 1 saturated carbocycles. The molecule has 4 aliphatic rings. The first-order chi connectivity index (χ1) is 12.2. The van der Waals surface area contributed by atoms with Crippen molar-refractivity contribution in [3.63, 3.8) is 0 Å². The molecule has 4 rings (SSSR count). The summed E-state index contributed by atoms with van der Waals surface area (Å²) in [6.45, 7) is 4.23. The Morgan fingerprint density at radius 2 is 2.00 bits per heavy atom. The van der Waals surface area contributed by atoms with Gasteiger partial charge in [0.25, 0.3) is 0 Å². The van der Waals surface area contributed by atoms with Gasteiger partial charge in [-0.05, 0) is 38.5 Å². The van der Waals surface area contributed by atoms with E-state index in [1.54, 1.807) is 6.92 Å². The Morgan fingerprint density at radius 1 is 1.23 bits per heavy atom. The summed E-state index contributed by atoms with van der Waals surface area (Å²) in [4.78, 5) is 36.6. The topological polar surface area (TPSA) is 89.9 Å². The van der Waals surface area contributed by atoms with Crippen LogP contribution in [0.3, 0.4) is 0 Å². The standard InChI is InChI=1S/C20H26O6/c1-18(7-6-12-8-16(22)25-10-12)14-5-3-4-13-17(23)26-11-20(13,14)9-15(21)19(18,2)24/h4,12,14,24H,3,5-11H2,1-2H3/t12-,14-,18+,19+,20+/m0/s1. The van der Waals surface area contributed by atoms with E-state index in [-0.39, 0.29) is 42.6 Å². The molecule has 0 amide bonds. The molecule has 6 nitrogen and oxygen atoms in total. The maximum Gasteiger partial charge on any atom is 0.334 e. The normalized spacial score (nSPS) is 44.9. The number of carbonyl (C=O) groups is 3. The molecule has 3 fully saturated rings. The minimum Gasteiger partial charge on any atom is -0.465 e. The monoisotopic (exact) mass is 362 g/mol. The lowest BCUT2D eigenvalue weighted by molar-refractivity contribution is -0.185. The minimum atomic E-state index is -1.46. The number of allylic oxidation sites excluding steroid dienone is 1. The van der Waals surface area contributed by atoms with Gasteiger partial charge in [0.1, 0.15) is 12.2 Å². The van der Waals surface area contributed by atoms with Gasteiger partial charge in [-0.2, -0.15) is 0 Å². The van der Waals surface area contributed by atoms with Gasteiger partial charge in [-0.1, -0.05) is 13.0 Å². The van der Waals surface area contributed by atoms with Gasteiger partial charge in [0.15, 0.2) is 5.78 Å². The van der Waals surface area contributed by atoms with Crippen LogP contribution in [0.1, 0.15) is 52.4 Å². The van der Waals surface area contributed by atoms with Gasteiger partial charge in [-0.25, -0.2) is 4.79 Å². The second kappa shape index (κ2) is 5.65. The lowest BCUT2D eigenvalue weighted by Crippen LogP contribution is -2.64. The van der Waals surface area contributed by atoms with Crippen molar-refractivity contribution in [2.45, 2.75) is 58.0 Å². The fourth-order valence-corrected chi connectivity index (χ4v) is 5.78. The first kappa shape index (κ1) is 17.7. The molecule has 0 aromatic rings. The van der Waals surface area contributed by atoms with Crippen LogP contribution in [-0.4, -0.2) is 41.6 Å². The van der Waals surface area contributed by atoms with Crippen LogP contribution in [0.4, 0.5) is 0 Å². The molecule has 26 heavy (non-hydrogen) atoms. The molecule has 1 spiro atoms. The molecular formula is C20H26O6. The molecular weight excluding hydrogens is 336 g/mol. The summed E-state index contributed by atoms with van der Waals surface area (Å²) in [6.07, 6.45) is 5.37. The summed E-state index contributed by atoms with van der Waals surface area (Å²) in [5.41, 5.74) is -2.11. The second-order valence-electron chi connectivity index (χ2n) is 8.86. The lowest BCUT2D eigenvalue weighted by Gasteiger charge is -2.58. The van der Waals surface area contributed by atoms with Crippen molar-refractivity contribution in [1.82, 2.24) is 0 Å². The highest BCUT2D eigenvalue weighted by molar-refractivity contribution is 5.97. The number of hydrogen-bond donors (Lipinski definition) is 1. The average molecular weight is 362 g/mol. The van der Waals surface area contributed by atoms with E-state index in [4.69, 9.17) is 9.47 Å². The van der Waals surface area contributed by atoms with Crippen LogP contribution in [0, 0.1) is 22.7 Å². The number of rotatable bonds is 3. The zero-order chi connectivity index (χ0) is 18.7. The zero-order valence-corrected chi connectivity index (χ0v) is 15.4. The van der Waals surface area contributed by atoms with Crippen LogP contribution in [-0.2, 0) is 23.9 Å². The van der Waals surface area contributed by atoms with E-state index in [1.807, 2.05) is 13.0 Å². The van der Waals surface area contributed by atoms with Gasteiger partial charge in [0.05, 0.1) is 13.0 Å². The molecule has 2 heterocycles. The second-order valence-corrected chi connectivity index (χ2v) is 8.86. The zero-order valence-electron chi connectivity index (χ0n) is 15.4. The summed E-state index contributed by atoms with van der Waals surface area (Å²) in [5.74, 6) is -0.599. The van der Waals surface area contributed by atoms with Crippen molar-refractivity contribution < 1.29 is 29.0 Å². The highest BCUT2D eigenvalue weighted by atomic mass is 16.5. The van der Waals surface area contributed by atoms with Crippen molar-refractivity contribution in [3.05, 3.63) is 11.6 Å². The molecule has 142 valence electrons. The Kier molecular flexibility index (Phi) is 3.85. The Hall–Kier alpha value is -1.69. The van der Waals surface area contributed by atoms with E-state index in [0.717, 1.165) is 12.8 Å². The quantitative estimate of drug-likeness (QED) is 0.772. The number of carbonyl (C=O) groups excluding carboxylic acids is 3. The van der Waals surface area contributed by atoms with Crippen molar-refractivity contribution in [1.29, 1.82) is 0 Å². The molecule has 0 bridgehead atoms. The molecule has 2 aliphatic carbocycles. The predicted octanol–water partition coefficient (Wildman–Crippen LogP) is 1.94. The van der Waals surface area contributed by atoms with Gasteiger partial charge < -0.3 is 14.6 Å². The first-order valence-corrected chi connectivity index (χ1v) is 9.50. The lowest BCUT2D eigenvalue weighted by atomic mass is 9.45. The fraction of sp³-hybridized carbons (Fsp3) is 0.750. The highest BCUT2D eigenvalue weighted by Crippen LogP contribution is 2.64. The van der Waals surface area contributed by atoms with Crippen molar-refractivity contribution >= 4 is 17.7 Å². The molecule has 5 atom stereocenters. The minimum absolute atomic E-state index is 0.00725. The number of Topliss-reactive ketones (excluding diaryl/α,β-unsaturated/α-hetero) is 1. The van der Waals surface area contributed by atoms with Crippen LogP contribution < -0.4 is 0 Å². The van der Waals surface area contributed by atoms with Crippen molar-refractivity contribution in [3.8, 4) is 0 Å². The summed E-state index contributed by atoms with van der Waals surface area (Å²) >= 11 is 0. The number of aliphatic hydroxyl groups is 1. The Morgan fingerprint density at radius 3 is 2.69 bits per heavy atom. The average Bonchev–Trinajstić information content (AvgIpc) is 3.15. The number of ketones is 1. The van der Waals surface area contributed by atoms with Gasteiger partial charge in [0.2, 0.25) is 0 Å². The number of cyclic esters (lactones) is 2. The summed E-state index contributed by atoms with van der Waals surface area (Å²) in [6, 6.07) is 0. The first-order valence-electron chi connectivity index (χ1n) is 9.50. The van der Waals surface area contributed by atoms with E-state index >= 15 is 0 Å². The maximum absolute atomic E-state index is 13.0. The Bertz CT molecular complexity index is 707. The molecule has 0 radical (unpaired) electrons. The third kappa shape index (κ3) is 2.24. The number of esters is 2. The maximum atomic E-state index is 13.0. The summed E-state index contributed by atoms with van der Waals surface area (Å²) in [5, 5.41) is 11.2. The van der Waals surface area contributed by atoms with Crippen LogP contribution in [0.2, 0.25) is 0 Å². The van der Waals surface area contributed by atoms with Gasteiger partial charge in [-0.3, -0.25) is 9.59 Å². The van der Waals surface area contributed by atoms with E-state index in [1.165, 1.54) is 0 Å². The smallest absolute Gasteiger partial charge is 0.334 e. The third-order valence-corrected chi connectivity index (χ3v) is 7.60. The summed E-state index contributed by atoms with van der Waals surface area (Å²) < 4.78 is 10.4. The van der Waals surface area contributed by atoms with Crippen LogP contribution >= 0.6 is 0 Å². The molecule has 0 aromatic carbocycles. The van der Waals surface area contributed by atoms with Crippen LogP contribution in [0.25, 0.3) is 0 Å². The highest BCUT2D eigenvalue weighted by Gasteiger charge is 2.68. The fourth-order valence-electron chi connectivity index (χ4n) is 5.78. The van der Waals surface area contributed by atoms with Crippen LogP contribution in [0.5, 0.6) is 0 Å².